The van der Waals surface area contributed by atoms with Crippen molar-refractivity contribution in [3.63, 3.8) is 0 Å². The molecule has 0 aromatic rings. The molecule has 118 valence electrons. The molecule has 1 aliphatic carbocycles. The Morgan fingerprint density at radius 2 is 1.85 bits per heavy atom. The lowest BCUT2D eigenvalue weighted by molar-refractivity contribution is 0.231. The molecule has 2 fully saturated rings. The number of hydrogen-bond acceptors (Lipinski definition) is 3. The summed E-state index contributed by atoms with van der Waals surface area (Å²) in [5.41, 5.74) is 0. The number of rotatable bonds is 5. The van der Waals surface area contributed by atoms with Crippen LogP contribution in [0.5, 0.6) is 0 Å². The molecular weight excluding hydrogens is 272 g/mol. The van der Waals surface area contributed by atoms with Crippen LogP contribution >= 0.6 is 0 Å². The Kier molecular flexibility index (Phi) is 5.87. The van der Waals surface area contributed by atoms with Gasteiger partial charge in [0.15, 0.2) is 0 Å². The van der Waals surface area contributed by atoms with Crippen LogP contribution in [0.15, 0.2) is 0 Å². The molecule has 0 bridgehead atoms. The third-order valence-electron chi connectivity index (χ3n) is 5.04. The minimum Gasteiger partial charge on any atom is -0.314 e. The molecule has 0 amide bonds. The SMILES string of the molecule is C[C@H](NCC1CCCN(S(C)(=O)=O)C1)C1CCCCC1. The van der Waals surface area contributed by atoms with Crippen molar-refractivity contribution in [2.45, 2.75) is 57.9 Å². The highest BCUT2D eigenvalue weighted by atomic mass is 32.2. The summed E-state index contributed by atoms with van der Waals surface area (Å²) >= 11 is 0. The largest absolute Gasteiger partial charge is 0.314 e. The van der Waals surface area contributed by atoms with Gasteiger partial charge in [-0.3, -0.25) is 0 Å². The van der Waals surface area contributed by atoms with Crippen LogP contribution in [0.3, 0.4) is 0 Å². The van der Waals surface area contributed by atoms with Crippen molar-refractivity contribution in [1.82, 2.24) is 9.62 Å². The van der Waals surface area contributed by atoms with Gasteiger partial charge in [0.2, 0.25) is 10.0 Å². The lowest BCUT2D eigenvalue weighted by Gasteiger charge is -2.33. The van der Waals surface area contributed by atoms with E-state index in [-0.39, 0.29) is 0 Å². The van der Waals surface area contributed by atoms with E-state index in [0.29, 0.717) is 25.0 Å². The van der Waals surface area contributed by atoms with E-state index in [0.717, 1.165) is 25.3 Å². The number of nitrogens with one attached hydrogen (secondary N) is 1. The lowest BCUT2D eigenvalue weighted by atomic mass is 9.84. The van der Waals surface area contributed by atoms with Gasteiger partial charge >= 0.3 is 0 Å². The van der Waals surface area contributed by atoms with Crippen molar-refractivity contribution in [2.75, 3.05) is 25.9 Å². The minimum atomic E-state index is -3.01. The zero-order chi connectivity index (χ0) is 14.6. The second-order valence-corrected chi connectivity index (χ2v) is 8.71. The van der Waals surface area contributed by atoms with Gasteiger partial charge in [0, 0.05) is 19.1 Å². The third-order valence-corrected chi connectivity index (χ3v) is 6.31. The first-order valence-corrected chi connectivity index (χ1v) is 10.00. The Morgan fingerprint density at radius 1 is 1.15 bits per heavy atom. The summed E-state index contributed by atoms with van der Waals surface area (Å²) in [6.07, 6.45) is 10.3. The van der Waals surface area contributed by atoms with Crippen LogP contribution in [-0.4, -0.2) is 44.7 Å². The highest BCUT2D eigenvalue weighted by Gasteiger charge is 2.27. The first-order valence-electron chi connectivity index (χ1n) is 8.15. The van der Waals surface area contributed by atoms with Crippen molar-refractivity contribution in [3.8, 4) is 0 Å². The lowest BCUT2D eigenvalue weighted by Crippen LogP contribution is -2.45. The molecule has 20 heavy (non-hydrogen) atoms. The van der Waals surface area contributed by atoms with Crippen molar-refractivity contribution in [2.24, 2.45) is 11.8 Å². The van der Waals surface area contributed by atoms with Gasteiger partial charge in [-0.1, -0.05) is 19.3 Å². The Bertz CT molecular complexity index is 391. The topological polar surface area (TPSA) is 49.4 Å². The predicted molar refractivity (Wildman–Crippen MR) is 83.2 cm³/mol. The van der Waals surface area contributed by atoms with Gasteiger partial charge in [-0.25, -0.2) is 12.7 Å². The second-order valence-electron chi connectivity index (χ2n) is 6.72. The standard InChI is InChI=1S/C15H30N2O2S/c1-13(15-8-4-3-5-9-15)16-11-14-7-6-10-17(12-14)20(2,18)19/h13-16H,3-12H2,1-2H3/t13-,14?/m0/s1. The molecule has 5 heteroatoms. The summed E-state index contributed by atoms with van der Waals surface area (Å²) in [6.45, 7) is 4.66. The molecule has 1 unspecified atom stereocenters. The van der Waals surface area contributed by atoms with E-state index >= 15 is 0 Å². The molecular formula is C15H30N2O2S. The fourth-order valence-electron chi connectivity index (χ4n) is 3.65. The van der Waals surface area contributed by atoms with E-state index in [1.165, 1.54) is 38.4 Å². The van der Waals surface area contributed by atoms with Crippen molar-refractivity contribution in [1.29, 1.82) is 0 Å². The predicted octanol–water partition coefficient (Wildman–Crippen LogP) is 2.22. The summed E-state index contributed by atoms with van der Waals surface area (Å²) < 4.78 is 24.9. The maximum Gasteiger partial charge on any atom is 0.211 e. The van der Waals surface area contributed by atoms with Crippen molar-refractivity contribution in [3.05, 3.63) is 0 Å². The maximum absolute atomic E-state index is 11.6. The summed E-state index contributed by atoms with van der Waals surface area (Å²) in [5.74, 6) is 1.29. The first kappa shape index (κ1) is 16.2. The molecule has 1 saturated heterocycles. The minimum absolute atomic E-state index is 0.476. The normalized spacial score (nSPS) is 28.4. The molecule has 1 saturated carbocycles. The third kappa shape index (κ3) is 4.71. The van der Waals surface area contributed by atoms with Gasteiger partial charge in [0.05, 0.1) is 6.26 Å². The van der Waals surface area contributed by atoms with Crippen LogP contribution in [0.25, 0.3) is 0 Å². The van der Waals surface area contributed by atoms with Gasteiger partial charge in [-0.05, 0) is 51.0 Å². The van der Waals surface area contributed by atoms with Crippen LogP contribution in [-0.2, 0) is 10.0 Å². The van der Waals surface area contributed by atoms with Gasteiger partial charge < -0.3 is 5.32 Å². The fraction of sp³-hybridized carbons (Fsp3) is 1.00. The monoisotopic (exact) mass is 302 g/mol. The molecule has 0 aromatic carbocycles. The van der Waals surface area contributed by atoms with E-state index in [9.17, 15) is 8.42 Å². The maximum atomic E-state index is 11.6. The molecule has 0 spiro atoms. The molecule has 1 aliphatic heterocycles. The average molecular weight is 302 g/mol. The summed E-state index contributed by atoms with van der Waals surface area (Å²) in [7, 11) is -3.01. The number of sulfonamides is 1. The molecule has 1 heterocycles. The quantitative estimate of drug-likeness (QED) is 0.847. The molecule has 1 N–H and O–H groups in total. The molecule has 2 rings (SSSR count). The van der Waals surface area contributed by atoms with Crippen molar-refractivity contribution < 1.29 is 8.42 Å². The van der Waals surface area contributed by atoms with E-state index < -0.39 is 10.0 Å². The Morgan fingerprint density at radius 3 is 2.50 bits per heavy atom. The average Bonchev–Trinajstić information content (AvgIpc) is 2.45. The van der Waals surface area contributed by atoms with Gasteiger partial charge in [-0.2, -0.15) is 0 Å². The van der Waals surface area contributed by atoms with Crippen LogP contribution in [0.4, 0.5) is 0 Å². The molecule has 2 atom stereocenters. The van der Waals surface area contributed by atoms with E-state index in [4.69, 9.17) is 0 Å². The number of piperidine rings is 1. The van der Waals surface area contributed by atoms with Gasteiger partial charge in [-0.15, -0.1) is 0 Å². The van der Waals surface area contributed by atoms with Gasteiger partial charge in [0.25, 0.3) is 0 Å². The molecule has 0 aromatic heterocycles. The summed E-state index contributed by atoms with van der Waals surface area (Å²) in [6, 6.07) is 0.573. The Balaban J connectivity index is 1.75. The molecule has 4 nitrogen and oxygen atoms in total. The molecule has 0 radical (unpaired) electrons. The summed E-state index contributed by atoms with van der Waals surface area (Å²) in [5, 5.41) is 3.67. The van der Waals surface area contributed by atoms with E-state index in [1.807, 2.05) is 0 Å². The zero-order valence-electron chi connectivity index (χ0n) is 13.0. The Labute approximate surface area is 124 Å². The van der Waals surface area contributed by atoms with Crippen molar-refractivity contribution >= 4 is 10.0 Å². The second kappa shape index (κ2) is 7.23. The highest BCUT2D eigenvalue weighted by molar-refractivity contribution is 7.88. The van der Waals surface area contributed by atoms with Crippen LogP contribution in [0.2, 0.25) is 0 Å². The zero-order valence-corrected chi connectivity index (χ0v) is 13.8. The smallest absolute Gasteiger partial charge is 0.211 e. The van der Waals surface area contributed by atoms with E-state index in [2.05, 4.69) is 12.2 Å². The number of hydrogen-bond donors (Lipinski definition) is 1. The van der Waals surface area contributed by atoms with Crippen LogP contribution < -0.4 is 5.32 Å². The Hall–Kier alpha value is -0.130. The number of nitrogens with zero attached hydrogens (tertiary/aromatic N) is 1. The molecule has 2 aliphatic rings. The van der Waals surface area contributed by atoms with Crippen LogP contribution in [0, 0.1) is 11.8 Å². The highest BCUT2D eigenvalue weighted by Crippen LogP contribution is 2.26. The first-order chi connectivity index (χ1) is 9.47. The van der Waals surface area contributed by atoms with Crippen LogP contribution in [0.1, 0.15) is 51.9 Å². The van der Waals surface area contributed by atoms with Gasteiger partial charge in [0.1, 0.15) is 0 Å². The van der Waals surface area contributed by atoms with E-state index in [1.54, 1.807) is 4.31 Å². The summed E-state index contributed by atoms with van der Waals surface area (Å²) in [4.78, 5) is 0. The fourth-order valence-corrected chi connectivity index (χ4v) is 4.59.